The molecule has 2 heterocycles. The van der Waals surface area contributed by atoms with Gasteiger partial charge < -0.3 is 5.32 Å². The number of benzene rings is 3. The third-order valence-electron chi connectivity index (χ3n) is 5.97. The number of imide groups is 1. The highest BCUT2D eigenvalue weighted by Crippen LogP contribution is 2.30. The average molecular weight is 504 g/mol. The summed E-state index contributed by atoms with van der Waals surface area (Å²) in [6, 6.07) is 19.1. The molecule has 0 bridgehead atoms. The zero-order valence-electron chi connectivity index (χ0n) is 19.4. The van der Waals surface area contributed by atoms with E-state index in [0.717, 1.165) is 17.0 Å². The van der Waals surface area contributed by atoms with Gasteiger partial charge in [-0.25, -0.2) is 4.90 Å². The number of hydrogen-bond donors (Lipinski definition) is 1. The Labute approximate surface area is 209 Å². The van der Waals surface area contributed by atoms with Gasteiger partial charge in [0.25, 0.3) is 17.7 Å². The summed E-state index contributed by atoms with van der Waals surface area (Å²) >= 11 is 0. The number of rotatable bonds is 5. The molecule has 1 aromatic heterocycles. The van der Waals surface area contributed by atoms with Crippen LogP contribution in [0.2, 0.25) is 0 Å². The largest absolute Gasteiger partial charge is 0.416 e. The number of hydrogen-bond acceptors (Lipinski definition) is 4. The van der Waals surface area contributed by atoms with Crippen LogP contribution >= 0.6 is 0 Å². The van der Waals surface area contributed by atoms with Crippen molar-refractivity contribution in [3.8, 4) is 0 Å². The van der Waals surface area contributed by atoms with Gasteiger partial charge in [0.15, 0.2) is 5.82 Å². The van der Waals surface area contributed by atoms with E-state index in [2.05, 4.69) is 10.4 Å². The first-order valence-corrected chi connectivity index (χ1v) is 11.2. The summed E-state index contributed by atoms with van der Waals surface area (Å²) in [5, 5.41) is 6.96. The maximum absolute atomic E-state index is 13.0. The summed E-state index contributed by atoms with van der Waals surface area (Å²) in [5.41, 5.74) is 1.33. The lowest BCUT2D eigenvalue weighted by Crippen LogP contribution is -2.29. The number of carbonyl (C=O) groups excluding carboxylic acids is 3. The molecule has 0 unspecified atom stereocenters. The molecule has 5 rings (SSSR count). The average Bonchev–Trinajstić information content (AvgIpc) is 3.34. The number of nitrogens with zero attached hydrogens (tertiary/aromatic N) is 3. The van der Waals surface area contributed by atoms with Crippen LogP contribution in [0.15, 0.2) is 78.9 Å². The van der Waals surface area contributed by atoms with Crippen LogP contribution in [0.4, 0.5) is 24.7 Å². The first kappa shape index (κ1) is 24.0. The summed E-state index contributed by atoms with van der Waals surface area (Å²) < 4.78 is 40.6. The van der Waals surface area contributed by atoms with Crippen molar-refractivity contribution in [2.75, 3.05) is 10.2 Å². The summed E-state index contributed by atoms with van der Waals surface area (Å²) in [6.07, 6.45) is -4.45. The SMILES string of the molecule is Cc1cc(NC(=O)c2cccc(N3C(=O)c4ccccc4C3=O)c2)nn1Cc1cccc(C(F)(F)F)c1. The Kier molecular flexibility index (Phi) is 5.87. The Morgan fingerprint density at radius 1 is 0.892 bits per heavy atom. The lowest BCUT2D eigenvalue weighted by atomic mass is 10.1. The molecule has 0 radical (unpaired) electrons. The van der Waals surface area contributed by atoms with Gasteiger partial charge in [0, 0.05) is 17.3 Å². The van der Waals surface area contributed by atoms with Crippen molar-refractivity contribution in [2.24, 2.45) is 0 Å². The molecule has 0 aliphatic carbocycles. The summed E-state index contributed by atoms with van der Waals surface area (Å²) in [5.74, 6) is -1.26. The van der Waals surface area contributed by atoms with E-state index in [-0.39, 0.29) is 23.6 Å². The second kappa shape index (κ2) is 9.05. The molecule has 1 aliphatic rings. The molecule has 3 aromatic carbocycles. The van der Waals surface area contributed by atoms with E-state index in [1.165, 1.54) is 22.9 Å². The monoisotopic (exact) mass is 504 g/mol. The van der Waals surface area contributed by atoms with Crippen molar-refractivity contribution in [1.82, 2.24) is 9.78 Å². The number of alkyl halides is 3. The minimum absolute atomic E-state index is 0.0842. The first-order valence-electron chi connectivity index (χ1n) is 11.2. The van der Waals surface area contributed by atoms with Gasteiger partial charge in [-0.2, -0.15) is 18.3 Å². The summed E-state index contributed by atoms with van der Waals surface area (Å²) in [4.78, 5) is 39.5. The standard InChI is InChI=1S/C27H19F3N4O3/c1-16-12-23(32-33(16)15-17-6-4-8-19(13-17)27(28,29)30)31-24(35)18-7-5-9-20(14-18)34-25(36)21-10-2-3-11-22(21)26(34)37/h2-14H,15H2,1H3,(H,31,32,35). The minimum atomic E-state index is -4.45. The Balaban J connectivity index is 1.33. The van der Waals surface area contributed by atoms with Crippen LogP contribution in [0.3, 0.4) is 0 Å². The number of fused-ring (bicyclic) bond motifs is 1. The first-order chi connectivity index (χ1) is 17.6. The van der Waals surface area contributed by atoms with Crippen molar-refractivity contribution < 1.29 is 27.6 Å². The molecule has 186 valence electrons. The summed E-state index contributed by atoms with van der Waals surface area (Å²) in [6.45, 7) is 1.81. The quantitative estimate of drug-likeness (QED) is 0.374. The number of carbonyl (C=O) groups is 3. The molecule has 0 saturated carbocycles. The van der Waals surface area contributed by atoms with E-state index in [0.29, 0.717) is 22.4 Å². The maximum atomic E-state index is 13.0. The van der Waals surface area contributed by atoms with Gasteiger partial charge in [-0.1, -0.05) is 30.3 Å². The van der Waals surface area contributed by atoms with Crippen molar-refractivity contribution in [1.29, 1.82) is 0 Å². The van der Waals surface area contributed by atoms with Crippen LogP contribution in [0.5, 0.6) is 0 Å². The van der Waals surface area contributed by atoms with Crippen molar-refractivity contribution in [3.63, 3.8) is 0 Å². The predicted molar refractivity (Wildman–Crippen MR) is 129 cm³/mol. The van der Waals surface area contributed by atoms with E-state index in [1.807, 2.05) is 0 Å². The number of aryl methyl sites for hydroxylation is 1. The van der Waals surface area contributed by atoms with Gasteiger partial charge in [0.2, 0.25) is 0 Å². The highest BCUT2D eigenvalue weighted by Gasteiger charge is 2.36. The van der Waals surface area contributed by atoms with Gasteiger partial charge in [0.05, 0.1) is 28.9 Å². The molecule has 0 fully saturated rings. The van der Waals surface area contributed by atoms with E-state index < -0.39 is 29.5 Å². The van der Waals surface area contributed by atoms with Crippen LogP contribution in [0.1, 0.15) is 47.9 Å². The maximum Gasteiger partial charge on any atom is 0.416 e. The van der Waals surface area contributed by atoms with E-state index in [1.54, 1.807) is 55.5 Å². The topological polar surface area (TPSA) is 84.3 Å². The molecule has 37 heavy (non-hydrogen) atoms. The van der Waals surface area contributed by atoms with E-state index in [9.17, 15) is 27.6 Å². The lowest BCUT2D eigenvalue weighted by Gasteiger charge is -2.14. The number of amides is 3. The van der Waals surface area contributed by atoms with Crippen molar-refractivity contribution >= 4 is 29.2 Å². The van der Waals surface area contributed by atoms with Gasteiger partial charge >= 0.3 is 6.18 Å². The Morgan fingerprint density at radius 2 is 1.57 bits per heavy atom. The smallest absolute Gasteiger partial charge is 0.305 e. The van der Waals surface area contributed by atoms with Gasteiger partial charge in [-0.15, -0.1) is 0 Å². The molecule has 0 atom stereocenters. The number of anilines is 2. The third-order valence-corrected chi connectivity index (χ3v) is 5.97. The van der Waals surface area contributed by atoms with Gasteiger partial charge in [-0.05, 0) is 55.0 Å². The third kappa shape index (κ3) is 4.61. The molecule has 4 aromatic rings. The second-order valence-corrected chi connectivity index (χ2v) is 8.52. The molecule has 1 N–H and O–H groups in total. The van der Waals surface area contributed by atoms with E-state index >= 15 is 0 Å². The minimum Gasteiger partial charge on any atom is -0.305 e. The van der Waals surface area contributed by atoms with Gasteiger partial charge in [0.1, 0.15) is 0 Å². The second-order valence-electron chi connectivity index (χ2n) is 8.52. The molecular formula is C27H19F3N4O3. The molecule has 1 aliphatic heterocycles. The number of halogens is 3. The Hall–Kier alpha value is -4.73. The molecule has 10 heteroatoms. The van der Waals surface area contributed by atoms with Crippen molar-refractivity contribution in [2.45, 2.75) is 19.6 Å². The molecular weight excluding hydrogens is 485 g/mol. The Bertz CT molecular complexity index is 1520. The van der Waals surface area contributed by atoms with Crippen LogP contribution in [-0.4, -0.2) is 27.5 Å². The highest BCUT2D eigenvalue weighted by atomic mass is 19.4. The molecule has 3 amide bonds. The fraction of sp³-hybridized carbons (Fsp3) is 0.111. The zero-order chi connectivity index (χ0) is 26.3. The van der Waals surface area contributed by atoms with Gasteiger partial charge in [-0.3, -0.25) is 19.1 Å². The number of aromatic nitrogens is 2. The van der Waals surface area contributed by atoms with Crippen LogP contribution in [0.25, 0.3) is 0 Å². The normalized spacial score (nSPS) is 13.1. The summed E-state index contributed by atoms with van der Waals surface area (Å²) in [7, 11) is 0. The molecule has 7 nitrogen and oxygen atoms in total. The van der Waals surface area contributed by atoms with Crippen LogP contribution in [0, 0.1) is 6.92 Å². The fourth-order valence-electron chi connectivity index (χ4n) is 4.15. The fourth-order valence-corrected chi connectivity index (χ4v) is 4.15. The predicted octanol–water partition coefficient (Wildman–Crippen LogP) is 5.31. The lowest BCUT2D eigenvalue weighted by molar-refractivity contribution is -0.137. The van der Waals surface area contributed by atoms with E-state index in [4.69, 9.17) is 0 Å². The molecule has 0 saturated heterocycles. The number of nitrogens with one attached hydrogen (secondary N) is 1. The van der Waals surface area contributed by atoms with Crippen molar-refractivity contribution in [3.05, 3.63) is 112 Å². The zero-order valence-corrected chi connectivity index (χ0v) is 19.4. The van der Waals surface area contributed by atoms with Crippen LogP contribution in [-0.2, 0) is 12.7 Å². The van der Waals surface area contributed by atoms with Crippen LogP contribution < -0.4 is 10.2 Å². The highest BCUT2D eigenvalue weighted by molar-refractivity contribution is 6.34. The Morgan fingerprint density at radius 3 is 2.24 bits per heavy atom. The molecule has 0 spiro atoms.